The normalized spacial score (nSPS) is 14.4. The van der Waals surface area contributed by atoms with E-state index < -0.39 is 5.97 Å². The summed E-state index contributed by atoms with van der Waals surface area (Å²) in [4.78, 5) is 15.9. The van der Waals surface area contributed by atoms with E-state index in [0.717, 1.165) is 41.9 Å². The molecule has 1 aliphatic rings. The Morgan fingerprint density at radius 3 is 2.69 bits per heavy atom. The van der Waals surface area contributed by atoms with Crippen LogP contribution in [0.2, 0.25) is 0 Å². The van der Waals surface area contributed by atoms with Gasteiger partial charge in [0.15, 0.2) is 0 Å². The third kappa shape index (κ3) is 4.90. The van der Waals surface area contributed by atoms with Crippen LogP contribution in [0.3, 0.4) is 0 Å². The number of aliphatic carboxylic acids is 1. The number of hydrogen-bond acceptors (Lipinski definition) is 4. The molecule has 3 aromatic carbocycles. The number of carbonyl (C=O) groups is 1. The van der Waals surface area contributed by atoms with Crippen LogP contribution in [0.5, 0.6) is 5.75 Å². The van der Waals surface area contributed by atoms with Crippen molar-refractivity contribution >= 4 is 17.0 Å². The van der Waals surface area contributed by atoms with Crippen LogP contribution >= 0.6 is 0 Å². The Hall–Kier alpha value is -2.60. The fourth-order valence-corrected chi connectivity index (χ4v) is 5.15. The zero-order valence-corrected chi connectivity index (χ0v) is 22.9. The second kappa shape index (κ2) is 10.6. The summed E-state index contributed by atoms with van der Waals surface area (Å²) < 4.78 is 8.10. The summed E-state index contributed by atoms with van der Waals surface area (Å²) in [5.74, 6) is 0.732. The van der Waals surface area contributed by atoms with Crippen molar-refractivity contribution in [1.29, 1.82) is 0 Å². The summed E-state index contributed by atoms with van der Waals surface area (Å²) in [5, 5.41) is 11.0. The maximum absolute atomic E-state index is 11.0. The Morgan fingerprint density at radius 1 is 1.11 bits per heavy atom. The van der Waals surface area contributed by atoms with Gasteiger partial charge >= 0.3 is 29.6 Å². The number of carbonyl (C=O) groups excluding carboxylic acids is 1. The quantitative estimate of drug-likeness (QED) is 0.380. The molecular formula is C29H29N2NaO3. The first-order valence-corrected chi connectivity index (χ1v) is 12.0. The third-order valence-corrected chi connectivity index (χ3v) is 6.98. The number of ether oxygens (including phenoxy) is 1. The van der Waals surface area contributed by atoms with Crippen LogP contribution in [0.15, 0.2) is 54.6 Å². The van der Waals surface area contributed by atoms with Gasteiger partial charge in [0, 0.05) is 23.9 Å². The van der Waals surface area contributed by atoms with Crippen molar-refractivity contribution in [3.63, 3.8) is 0 Å². The fraction of sp³-hybridized carbons (Fsp3) is 0.310. The molecule has 1 aromatic heterocycles. The van der Waals surface area contributed by atoms with Gasteiger partial charge in [0.1, 0.15) is 11.6 Å². The van der Waals surface area contributed by atoms with E-state index in [2.05, 4.69) is 73.9 Å². The molecule has 5 rings (SSSR count). The first-order chi connectivity index (χ1) is 16.5. The summed E-state index contributed by atoms with van der Waals surface area (Å²) in [5.41, 5.74) is 9.38. The smallest absolute Gasteiger partial charge is 0.550 e. The minimum atomic E-state index is -1.03. The van der Waals surface area contributed by atoms with Gasteiger partial charge in [0.2, 0.25) is 0 Å². The van der Waals surface area contributed by atoms with Crippen molar-refractivity contribution < 1.29 is 44.2 Å². The molecule has 0 unspecified atom stereocenters. The molecule has 1 atom stereocenters. The standard InChI is InChI=1S/C29H30N2O3.Na/c1-4-27-30-24-9-5-7-18(2)29(24)31(27)25-10-6-8-21(19(25)3)13-11-20-12-14-23-22(16-28(32)33)17-34-26(23)15-20;/h5-10,12,14-15,22H,4,11,13,16-17H2,1-3H3,(H,32,33);/q;+1/p-1/t22-;/m1./s1. The van der Waals surface area contributed by atoms with E-state index in [1.165, 1.54) is 33.5 Å². The Kier molecular flexibility index (Phi) is 7.70. The van der Waals surface area contributed by atoms with Crippen molar-refractivity contribution in [3.8, 4) is 11.4 Å². The molecule has 0 amide bonds. The minimum absolute atomic E-state index is 0. The molecular weight excluding hydrogens is 447 g/mol. The molecule has 4 aromatic rings. The predicted octanol–water partition coefficient (Wildman–Crippen LogP) is 1.61. The van der Waals surface area contributed by atoms with E-state index in [9.17, 15) is 9.90 Å². The van der Waals surface area contributed by atoms with Crippen LogP contribution in [0.4, 0.5) is 0 Å². The van der Waals surface area contributed by atoms with Crippen LogP contribution in [0.25, 0.3) is 16.7 Å². The summed E-state index contributed by atoms with van der Waals surface area (Å²) in [7, 11) is 0. The van der Waals surface area contributed by atoms with Gasteiger partial charge in [-0.25, -0.2) is 4.98 Å². The van der Waals surface area contributed by atoms with Gasteiger partial charge in [0.05, 0.1) is 23.3 Å². The number of hydrogen-bond donors (Lipinski definition) is 0. The van der Waals surface area contributed by atoms with E-state index in [1.54, 1.807) is 0 Å². The molecule has 0 radical (unpaired) electrons. The first kappa shape index (κ1) is 25.5. The van der Waals surface area contributed by atoms with Gasteiger partial charge in [-0.15, -0.1) is 0 Å². The topological polar surface area (TPSA) is 67.2 Å². The molecule has 6 heteroatoms. The van der Waals surface area contributed by atoms with Crippen LogP contribution < -0.4 is 39.4 Å². The maximum Gasteiger partial charge on any atom is 1.00 e. The van der Waals surface area contributed by atoms with Gasteiger partial charge in [-0.2, -0.15) is 0 Å². The maximum atomic E-state index is 11.0. The summed E-state index contributed by atoms with van der Waals surface area (Å²) in [6.45, 7) is 6.91. The van der Waals surface area contributed by atoms with Crippen LogP contribution in [-0.2, 0) is 24.1 Å². The number of rotatable bonds is 7. The Labute approximate surface area is 228 Å². The molecule has 1 aliphatic heterocycles. The summed E-state index contributed by atoms with van der Waals surface area (Å²) in [6.07, 6.45) is 2.66. The number of benzene rings is 3. The molecule has 5 nitrogen and oxygen atoms in total. The number of imidazole rings is 1. The van der Waals surface area contributed by atoms with E-state index in [4.69, 9.17) is 9.72 Å². The molecule has 0 spiro atoms. The van der Waals surface area contributed by atoms with Crippen molar-refractivity contribution in [3.05, 3.63) is 88.2 Å². The van der Waals surface area contributed by atoms with Crippen LogP contribution in [-0.4, -0.2) is 22.1 Å². The molecule has 0 bridgehead atoms. The number of carboxylic acid groups (broad SMARTS) is 1. The van der Waals surface area contributed by atoms with Gasteiger partial charge in [-0.3, -0.25) is 4.57 Å². The number of para-hydroxylation sites is 1. The summed E-state index contributed by atoms with van der Waals surface area (Å²) in [6, 6.07) is 19.0. The number of aryl methyl sites for hydroxylation is 4. The van der Waals surface area contributed by atoms with Gasteiger partial charge in [-0.05, 0) is 73.6 Å². The molecule has 0 saturated heterocycles. The Morgan fingerprint density at radius 2 is 1.91 bits per heavy atom. The third-order valence-electron chi connectivity index (χ3n) is 6.98. The number of aromatic nitrogens is 2. The number of carboxylic acids is 1. The number of nitrogens with zero attached hydrogens (tertiary/aromatic N) is 2. The van der Waals surface area contributed by atoms with Gasteiger partial charge < -0.3 is 14.6 Å². The zero-order valence-electron chi connectivity index (χ0n) is 20.9. The largest absolute Gasteiger partial charge is 1.00 e. The monoisotopic (exact) mass is 476 g/mol. The van der Waals surface area contributed by atoms with E-state index in [0.29, 0.717) is 6.61 Å². The van der Waals surface area contributed by atoms with E-state index in [1.807, 2.05) is 6.07 Å². The van der Waals surface area contributed by atoms with Crippen LogP contribution in [0, 0.1) is 13.8 Å². The van der Waals surface area contributed by atoms with Crippen molar-refractivity contribution in [2.45, 2.75) is 52.4 Å². The molecule has 174 valence electrons. The molecule has 35 heavy (non-hydrogen) atoms. The van der Waals surface area contributed by atoms with Crippen LogP contribution in [0.1, 0.15) is 52.9 Å². The van der Waals surface area contributed by atoms with Crippen molar-refractivity contribution in [2.24, 2.45) is 0 Å². The predicted molar refractivity (Wildman–Crippen MR) is 132 cm³/mol. The average Bonchev–Trinajstić information content (AvgIpc) is 3.39. The molecule has 0 saturated carbocycles. The SMILES string of the molecule is CCc1nc2cccc(C)c2n1-c1cccc(CCc2ccc3c(c2)OC[C@H]3CC(=O)[O-])c1C.[Na+]. The Balaban J connectivity index is 0.00000289. The fourth-order valence-electron chi connectivity index (χ4n) is 5.15. The Bertz CT molecular complexity index is 1390. The van der Waals surface area contributed by atoms with Gasteiger partial charge in [0.25, 0.3) is 0 Å². The van der Waals surface area contributed by atoms with Crippen molar-refractivity contribution in [2.75, 3.05) is 6.61 Å². The second-order valence-corrected chi connectivity index (χ2v) is 9.18. The molecule has 0 aliphatic carbocycles. The van der Waals surface area contributed by atoms with Gasteiger partial charge in [-0.1, -0.05) is 43.3 Å². The van der Waals surface area contributed by atoms with E-state index in [-0.39, 0.29) is 41.9 Å². The molecule has 0 N–H and O–H groups in total. The zero-order chi connectivity index (χ0) is 23.8. The first-order valence-electron chi connectivity index (χ1n) is 12.0. The minimum Gasteiger partial charge on any atom is -0.550 e. The molecule has 2 heterocycles. The summed E-state index contributed by atoms with van der Waals surface area (Å²) >= 11 is 0. The van der Waals surface area contributed by atoms with Crippen molar-refractivity contribution in [1.82, 2.24) is 9.55 Å². The number of fused-ring (bicyclic) bond motifs is 2. The second-order valence-electron chi connectivity index (χ2n) is 9.18. The van der Waals surface area contributed by atoms with E-state index >= 15 is 0 Å². The molecule has 0 fully saturated rings. The average molecular weight is 477 g/mol.